The van der Waals surface area contributed by atoms with E-state index in [0.29, 0.717) is 13.2 Å². The van der Waals surface area contributed by atoms with E-state index < -0.39 is 0 Å². The molecule has 19 heavy (non-hydrogen) atoms. The molecule has 1 aromatic rings. The molecule has 3 heterocycles. The first-order valence-corrected chi connectivity index (χ1v) is 7.44. The van der Waals surface area contributed by atoms with Crippen molar-refractivity contribution in [2.24, 2.45) is 0 Å². The Morgan fingerprint density at radius 3 is 2.26 bits per heavy atom. The summed E-state index contributed by atoms with van der Waals surface area (Å²) in [5.41, 5.74) is 0.442. The second-order valence-electron chi connectivity index (χ2n) is 5.94. The van der Waals surface area contributed by atoms with Crippen molar-refractivity contribution in [2.75, 3.05) is 13.2 Å². The number of ether oxygens (including phenoxy) is 2. The van der Waals surface area contributed by atoms with E-state index in [4.69, 9.17) is 18.8 Å². The summed E-state index contributed by atoms with van der Waals surface area (Å²) in [7, 11) is -0.301. The van der Waals surface area contributed by atoms with Gasteiger partial charge in [-0.15, -0.1) is 0 Å². The van der Waals surface area contributed by atoms with Crippen LogP contribution in [0, 0.1) is 0 Å². The summed E-state index contributed by atoms with van der Waals surface area (Å²) in [5, 5.41) is 2.05. The molecular formula is C13H19BO4S. The zero-order valence-corrected chi connectivity index (χ0v) is 12.6. The summed E-state index contributed by atoms with van der Waals surface area (Å²) in [5.74, 6) is 0. The monoisotopic (exact) mass is 282 g/mol. The molecule has 0 saturated carbocycles. The molecule has 0 atom stereocenters. The second kappa shape index (κ2) is 4.57. The molecule has 0 N–H and O–H groups in total. The van der Waals surface area contributed by atoms with Crippen molar-refractivity contribution in [3.8, 4) is 0 Å². The maximum absolute atomic E-state index is 6.03. The van der Waals surface area contributed by atoms with Gasteiger partial charge in [-0.05, 0) is 39.1 Å². The van der Waals surface area contributed by atoms with Gasteiger partial charge in [0.2, 0.25) is 0 Å². The third-order valence-corrected chi connectivity index (χ3v) is 4.99. The minimum atomic E-state index is -0.303. The average Bonchev–Trinajstić information content (AvgIpc) is 3.00. The van der Waals surface area contributed by atoms with E-state index in [9.17, 15) is 0 Å². The van der Waals surface area contributed by atoms with Crippen LogP contribution in [0.3, 0.4) is 0 Å². The first-order chi connectivity index (χ1) is 8.89. The van der Waals surface area contributed by atoms with Gasteiger partial charge in [0.05, 0.1) is 24.4 Å². The van der Waals surface area contributed by atoms with Gasteiger partial charge in [0, 0.05) is 10.3 Å². The maximum atomic E-state index is 6.03. The minimum absolute atomic E-state index is 0.229. The summed E-state index contributed by atoms with van der Waals surface area (Å²) in [6.45, 7) is 9.56. The van der Waals surface area contributed by atoms with E-state index in [2.05, 4.69) is 39.1 Å². The van der Waals surface area contributed by atoms with Gasteiger partial charge in [-0.1, -0.05) is 0 Å². The molecule has 4 nitrogen and oxygen atoms in total. The van der Waals surface area contributed by atoms with Crippen LogP contribution in [0.4, 0.5) is 0 Å². The summed E-state index contributed by atoms with van der Waals surface area (Å²) < 4.78 is 24.1. The van der Waals surface area contributed by atoms with Crippen LogP contribution in [-0.4, -0.2) is 31.5 Å². The topological polar surface area (TPSA) is 36.9 Å². The molecule has 2 saturated heterocycles. The van der Waals surface area contributed by atoms with Gasteiger partial charge in [0.25, 0.3) is 0 Å². The smallest absolute Gasteiger partial charge is 0.399 e. The molecule has 0 aliphatic carbocycles. The van der Waals surface area contributed by atoms with Gasteiger partial charge in [0.1, 0.15) is 0 Å². The number of rotatable bonds is 2. The van der Waals surface area contributed by atoms with E-state index in [0.717, 1.165) is 10.3 Å². The highest BCUT2D eigenvalue weighted by molar-refractivity contribution is 7.20. The van der Waals surface area contributed by atoms with Crippen LogP contribution in [0.5, 0.6) is 0 Å². The van der Waals surface area contributed by atoms with Crippen molar-refractivity contribution in [3.05, 3.63) is 17.0 Å². The highest BCUT2D eigenvalue weighted by Gasteiger charge is 2.52. The molecule has 0 unspecified atom stereocenters. The molecule has 2 aliphatic rings. The Morgan fingerprint density at radius 1 is 1.11 bits per heavy atom. The molecule has 2 aliphatic heterocycles. The van der Waals surface area contributed by atoms with Gasteiger partial charge in [-0.2, -0.15) is 11.3 Å². The molecule has 2 fully saturated rings. The highest BCUT2D eigenvalue weighted by atomic mass is 32.1. The van der Waals surface area contributed by atoms with Gasteiger partial charge in [0.15, 0.2) is 6.29 Å². The first-order valence-electron chi connectivity index (χ1n) is 6.56. The van der Waals surface area contributed by atoms with Crippen LogP contribution in [0.25, 0.3) is 0 Å². The van der Waals surface area contributed by atoms with Crippen molar-refractivity contribution in [1.82, 2.24) is 0 Å². The Labute approximate surface area is 118 Å². The predicted molar refractivity (Wildman–Crippen MR) is 74.7 cm³/mol. The van der Waals surface area contributed by atoms with Crippen LogP contribution in [0.2, 0.25) is 0 Å². The van der Waals surface area contributed by atoms with E-state index in [-0.39, 0.29) is 24.6 Å². The van der Waals surface area contributed by atoms with Gasteiger partial charge < -0.3 is 18.8 Å². The van der Waals surface area contributed by atoms with Crippen LogP contribution in [0.15, 0.2) is 11.4 Å². The lowest BCUT2D eigenvalue weighted by atomic mass is 9.87. The number of hydrogen-bond donors (Lipinski definition) is 0. The molecule has 0 amide bonds. The third-order valence-electron chi connectivity index (χ3n) is 4.02. The van der Waals surface area contributed by atoms with Crippen LogP contribution in [-0.2, 0) is 18.8 Å². The van der Waals surface area contributed by atoms with Gasteiger partial charge >= 0.3 is 7.12 Å². The van der Waals surface area contributed by atoms with Crippen molar-refractivity contribution >= 4 is 23.2 Å². The molecule has 0 bridgehead atoms. The van der Waals surface area contributed by atoms with E-state index >= 15 is 0 Å². The first kappa shape index (κ1) is 13.6. The lowest BCUT2D eigenvalue weighted by Gasteiger charge is -2.32. The Morgan fingerprint density at radius 2 is 1.68 bits per heavy atom. The van der Waals surface area contributed by atoms with E-state index in [1.807, 2.05) is 0 Å². The second-order valence-corrected chi connectivity index (χ2v) is 6.89. The fourth-order valence-electron chi connectivity index (χ4n) is 2.13. The van der Waals surface area contributed by atoms with Crippen LogP contribution in [0.1, 0.15) is 39.5 Å². The fourth-order valence-corrected chi connectivity index (χ4v) is 2.99. The SMILES string of the molecule is CC1(C)OB(c2cc(C3OCCO3)cs2)OC1(C)C. The molecule has 0 aromatic carbocycles. The van der Waals surface area contributed by atoms with E-state index in [1.54, 1.807) is 11.3 Å². The van der Waals surface area contributed by atoms with Crippen LogP contribution < -0.4 is 4.78 Å². The Hall–Kier alpha value is -0.395. The zero-order valence-electron chi connectivity index (χ0n) is 11.8. The molecule has 0 spiro atoms. The zero-order chi connectivity index (χ0) is 13.7. The number of thiophene rings is 1. The molecule has 1 aromatic heterocycles. The van der Waals surface area contributed by atoms with Gasteiger partial charge in [-0.3, -0.25) is 0 Å². The summed E-state index contributed by atoms with van der Waals surface area (Å²) in [4.78, 5) is 0. The standard InChI is InChI=1S/C13H19BO4S/c1-12(2)13(3,4)18-14(17-12)10-7-9(8-19-10)11-15-5-6-16-11/h7-8,11H,5-6H2,1-4H3. The predicted octanol–water partition coefficient (Wildman–Crippen LogP) is 2.09. The Bertz CT molecular complexity index is 449. The van der Waals surface area contributed by atoms with Crippen molar-refractivity contribution in [3.63, 3.8) is 0 Å². The summed E-state index contributed by atoms with van der Waals surface area (Å²) >= 11 is 1.63. The molecule has 0 radical (unpaired) electrons. The maximum Gasteiger partial charge on any atom is 0.505 e. The highest BCUT2D eigenvalue weighted by Crippen LogP contribution is 2.37. The van der Waals surface area contributed by atoms with Crippen molar-refractivity contribution in [1.29, 1.82) is 0 Å². The quantitative estimate of drug-likeness (QED) is 0.778. The Balaban J connectivity index is 1.77. The largest absolute Gasteiger partial charge is 0.505 e. The summed E-state index contributed by atoms with van der Waals surface area (Å²) in [6, 6.07) is 2.06. The Kier molecular flexibility index (Phi) is 3.26. The van der Waals surface area contributed by atoms with Crippen LogP contribution >= 0.6 is 11.3 Å². The molecule has 6 heteroatoms. The number of hydrogen-bond acceptors (Lipinski definition) is 5. The minimum Gasteiger partial charge on any atom is -0.399 e. The van der Waals surface area contributed by atoms with E-state index in [1.165, 1.54) is 0 Å². The van der Waals surface area contributed by atoms with Gasteiger partial charge in [-0.25, -0.2) is 0 Å². The molecular weight excluding hydrogens is 263 g/mol. The lowest BCUT2D eigenvalue weighted by molar-refractivity contribution is -0.0437. The van der Waals surface area contributed by atoms with Crippen molar-refractivity contribution in [2.45, 2.75) is 45.2 Å². The average molecular weight is 282 g/mol. The fraction of sp³-hybridized carbons (Fsp3) is 0.692. The van der Waals surface area contributed by atoms with Crippen molar-refractivity contribution < 1.29 is 18.8 Å². The summed E-state index contributed by atoms with van der Waals surface area (Å²) in [6.07, 6.45) is -0.229. The molecule has 104 valence electrons. The molecule has 3 rings (SSSR count). The third kappa shape index (κ3) is 2.36. The lowest BCUT2D eigenvalue weighted by Crippen LogP contribution is -2.41. The normalized spacial score (nSPS) is 26.2.